The van der Waals surface area contributed by atoms with Gasteiger partial charge in [-0.25, -0.2) is 0 Å². The Bertz CT molecular complexity index is 451. The molecule has 2 rings (SSSR count). The first-order chi connectivity index (χ1) is 8.31. The molecule has 1 aromatic carbocycles. The summed E-state index contributed by atoms with van der Waals surface area (Å²) < 4.78 is 10.6. The smallest absolute Gasteiger partial charge is 0.124 e. The Labute approximate surface area is 101 Å². The van der Waals surface area contributed by atoms with E-state index in [9.17, 15) is 0 Å². The summed E-state index contributed by atoms with van der Waals surface area (Å²) in [7, 11) is 0. The van der Waals surface area contributed by atoms with E-state index in [1.165, 1.54) is 0 Å². The Balaban J connectivity index is 2.15. The Hall–Kier alpha value is -1.74. The Morgan fingerprint density at radius 2 is 2.12 bits per heavy atom. The molecule has 0 bridgehead atoms. The molecule has 3 nitrogen and oxygen atoms in total. The fourth-order valence-electron chi connectivity index (χ4n) is 1.85. The van der Waals surface area contributed by atoms with Gasteiger partial charge in [0.1, 0.15) is 5.75 Å². The molecule has 0 aliphatic rings. The highest BCUT2D eigenvalue weighted by atomic mass is 16.5. The summed E-state index contributed by atoms with van der Waals surface area (Å²) in [4.78, 5) is 0. The molecule has 1 unspecified atom stereocenters. The number of furan rings is 1. The maximum Gasteiger partial charge on any atom is 0.124 e. The zero-order chi connectivity index (χ0) is 12.1. The Morgan fingerprint density at radius 1 is 1.29 bits per heavy atom. The van der Waals surface area contributed by atoms with Crippen molar-refractivity contribution in [1.82, 2.24) is 0 Å². The summed E-state index contributed by atoms with van der Waals surface area (Å²) in [6, 6.07) is 9.76. The third-order valence-corrected chi connectivity index (χ3v) is 2.65. The van der Waals surface area contributed by atoms with Crippen LogP contribution in [0, 0.1) is 0 Å². The highest BCUT2D eigenvalue weighted by Gasteiger charge is 2.12. The number of rotatable bonds is 5. The largest absolute Gasteiger partial charge is 0.494 e. The molecule has 2 aromatic rings. The molecule has 0 saturated heterocycles. The molecule has 0 amide bonds. The van der Waals surface area contributed by atoms with Crippen LogP contribution in [0.3, 0.4) is 0 Å². The van der Waals surface area contributed by atoms with Gasteiger partial charge in [-0.3, -0.25) is 0 Å². The van der Waals surface area contributed by atoms with Crippen LogP contribution < -0.4 is 10.5 Å². The number of hydrogen-bond acceptors (Lipinski definition) is 3. The quantitative estimate of drug-likeness (QED) is 0.860. The summed E-state index contributed by atoms with van der Waals surface area (Å²) in [5.74, 6) is 0.867. The van der Waals surface area contributed by atoms with Crippen LogP contribution in [0.15, 0.2) is 47.3 Å². The molecular formula is C14H17NO2. The first-order valence-electron chi connectivity index (χ1n) is 5.79. The number of hydrogen-bond donors (Lipinski definition) is 1. The Kier molecular flexibility index (Phi) is 3.83. The fourth-order valence-corrected chi connectivity index (χ4v) is 1.85. The summed E-state index contributed by atoms with van der Waals surface area (Å²) in [6.45, 7) is 2.62. The van der Waals surface area contributed by atoms with Gasteiger partial charge in [0.25, 0.3) is 0 Å². The van der Waals surface area contributed by atoms with Gasteiger partial charge in [0.05, 0.1) is 19.1 Å². The standard InChI is InChI=1S/C14H17NO2/c1-2-17-14-6-4-3-5-12(14)13(15)9-11-7-8-16-10-11/h3-8,10,13H,2,9,15H2,1H3. The summed E-state index contributed by atoms with van der Waals surface area (Å²) >= 11 is 0. The minimum Gasteiger partial charge on any atom is -0.494 e. The molecule has 3 heteroatoms. The zero-order valence-electron chi connectivity index (χ0n) is 9.93. The van der Waals surface area contributed by atoms with Crippen LogP contribution in [0.4, 0.5) is 0 Å². The van der Waals surface area contributed by atoms with Crippen LogP contribution >= 0.6 is 0 Å². The molecule has 0 spiro atoms. The van der Waals surface area contributed by atoms with Gasteiger partial charge >= 0.3 is 0 Å². The number of nitrogens with two attached hydrogens (primary N) is 1. The topological polar surface area (TPSA) is 48.4 Å². The van der Waals surface area contributed by atoms with Gasteiger partial charge in [0.2, 0.25) is 0 Å². The first kappa shape index (κ1) is 11.7. The average Bonchev–Trinajstić information content (AvgIpc) is 2.83. The zero-order valence-corrected chi connectivity index (χ0v) is 9.93. The molecule has 1 atom stereocenters. The van der Waals surface area contributed by atoms with Crippen LogP contribution in [0.25, 0.3) is 0 Å². The minimum absolute atomic E-state index is 0.0738. The normalized spacial score (nSPS) is 12.4. The lowest BCUT2D eigenvalue weighted by Crippen LogP contribution is -2.14. The highest BCUT2D eigenvalue weighted by Crippen LogP contribution is 2.26. The molecule has 0 radical (unpaired) electrons. The van der Waals surface area contributed by atoms with Crippen molar-refractivity contribution in [3.05, 3.63) is 54.0 Å². The van der Waals surface area contributed by atoms with E-state index in [-0.39, 0.29) is 6.04 Å². The minimum atomic E-state index is -0.0738. The van der Waals surface area contributed by atoms with Crippen LogP contribution in [0.2, 0.25) is 0 Å². The second-order valence-corrected chi connectivity index (χ2v) is 3.91. The summed E-state index contributed by atoms with van der Waals surface area (Å²) in [6.07, 6.45) is 4.14. The van der Waals surface area contributed by atoms with Crippen molar-refractivity contribution in [2.75, 3.05) is 6.61 Å². The van der Waals surface area contributed by atoms with E-state index in [4.69, 9.17) is 14.9 Å². The number of ether oxygens (including phenoxy) is 1. The molecule has 0 aliphatic carbocycles. The van der Waals surface area contributed by atoms with E-state index in [2.05, 4.69) is 0 Å². The number of para-hydroxylation sites is 1. The van der Waals surface area contributed by atoms with Crippen molar-refractivity contribution >= 4 is 0 Å². The van der Waals surface area contributed by atoms with Crippen molar-refractivity contribution in [2.45, 2.75) is 19.4 Å². The van der Waals surface area contributed by atoms with Gasteiger partial charge in [0.15, 0.2) is 0 Å². The lowest BCUT2D eigenvalue weighted by Gasteiger charge is -2.15. The predicted molar refractivity (Wildman–Crippen MR) is 67.0 cm³/mol. The fraction of sp³-hybridized carbons (Fsp3) is 0.286. The molecule has 1 heterocycles. The van der Waals surface area contributed by atoms with Crippen LogP contribution in [-0.4, -0.2) is 6.61 Å². The molecule has 0 fully saturated rings. The van der Waals surface area contributed by atoms with E-state index in [0.717, 1.165) is 23.3 Å². The monoisotopic (exact) mass is 231 g/mol. The van der Waals surface area contributed by atoms with Crippen molar-refractivity contribution in [2.24, 2.45) is 5.73 Å². The lowest BCUT2D eigenvalue weighted by atomic mass is 10.0. The predicted octanol–water partition coefficient (Wildman–Crippen LogP) is 2.92. The molecular weight excluding hydrogens is 214 g/mol. The second-order valence-electron chi connectivity index (χ2n) is 3.91. The van der Waals surface area contributed by atoms with Crippen molar-refractivity contribution < 1.29 is 9.15 Å². The van der Waals surface area contributed by atoms with Gasteiger partial charge in [-0.1, -0.05) is 18.2 Å². The molecule has 17 heavy (non-hydrogen) atoms. The van der Waals surface area contributed by atoms with Crippen LogP contribution in [-0.2, 0) is 6.42 Å². The highest BCUT2D eigenvalue weighted by molar-refractivity contribution is 5.36. The van der Waals surface area contributed by atoms with Crippen molar-refractivity contribution in [3.8, 4) is 5.75 Å². The van der Waals surface area contributed by atoms with Gasteiger partial charge < -0.3 is 14.9 Å². The Morgan fingerprint density at radius 3 is 2.82 bits per heavy atom. The van der Waals surface area contributed by atoms with Crippen LogP contribution in [0.1, 0.15) is 24.1 Å². The van der Waals surface area contributed by atoms with Gasteiger partial charge in [0, 0.05) is 11.6 Å². The average molecular weight is 231 g/mol. The molecule has 2 N–H and O–H groups in total. The lowest BCUT2D eigenvalue weighted by molar-refractivity contribution is 0.334. The van der Waals surface area contributed by atoms with Crippen molar-refractivity contribution in [3.63, 3.8) is 0 Å². The molecule has 0 aliphatic heterocycles. The number of benzene rings is 1. The van der Waals surface area contributed by atoms with E-state index >= 15 is 0 Å². The first-order valence-corrected chi connectivity index (χ1v) is 5.79. The third kappa shape index (κ3) is 2.88. The van der Waals surface area contributed by atoms with E-state index in [1.807, 2.05) is 37.3 Å². The summed E-state index contributed by atoms with van der Waals surface area (Å²) in [5, 5.41) is 0. The maximum absolute atomic E-state index is 6.20. The van der Waals surface area contributed by atoms with E-state index < -0.39 is 0 Å². The maximum atomic E-state index is 6.20. The van der Waals surface area contributed by atoms with Gasteiger partial charge in [-0.2, -0.15) is 0 Å². The van der Waals surface area contributed by atoms with Gasteiger partial charge in [-0.15, -0.1) is 0 Å². The van der Waals surface area contributed by atoms with Crippen LogP contribution in [0.5, 0.6) is 5.75 Å². The van der Waals surface area contributed by atoms with Gasteiger partial charge in [-0.05, 0) is 31.0 Å². The molecule has 1 aromatic heterocycles. The van der Waals surface area contributed by atoms with E-state index in [0.29, 0.717) is 6.61 Å². The van der Waals surface area contributed by atoms with E-state index in [1.54, 1.807) is 12.5 Å². The third-order valence-electron chi connectivity index (χ3n) is 2.65. The second kappa shape index (κ2) is 5.55. The molecule has 0 saturated carbocycles. The summed E-state index contributed by atoms with van der Waals surface area (Å²) in [5.41, 5.74) is 8.33. The molecule has 90 valence electrons. The van der Waals surface area contributed by atoms with Crippen molar-refractivity contribution in [1.29, 1.82) is 0 Å². The SMILES string of the molecule is CCOc1ccccc1C(N)Cc1ccoc1.